The monoisotopic (exact) mass is 582 g/mol. The number of hydrogen-bond acceptors (Lipinski definition) is 6. The van der Waals surface area contributed by atoms with Crippen molar-refractivity contribution >= 4 is 33.4 Å². The number of carbonyl (C=O) groups is 3. The van der Waals surface area contributed by atoms with Crippen molar-refractivity contribution in [3.8, 4) is 0 Å². The van der Waals surface area contributed by atoms with Crippen molar-refractivity contribution in [2.75, 3.05) is 37.3 Å². The number of hydrogen-bond donors (Lipinski definition) is 1. The van der Waals surface area contributed by atoms with Crippen LogP contribution < -0.4 is 9.62 Å². The summed E-state index contributed by atoms with van der Waals surface area (Å²) in [7, 11) is -3.38. The van der Waals surface area contributed by atoms with Crippen molar-refractivity contribution in [1.29, 1.82) is 0 Å². The zero-order valence-electron chi connectivity index (χ0n) is 24.1. The Labute approximate surface area is 243 Å². The number of piperidine rings is 1. The average Bonchev–Trinajstić information content (AvgIpc) is 3.72. The third-order valence-corrected chi connectivity index (χ3v) is 12.2. The summed E-state index contributed by atoms with van der Waals surface area (Å²) in [6.07, 6.45) is 7.64. The molecule has 3 aliphatic heterocycles. The Morgan fingerprint density at radius 1 is 0.902 bits per heavy atom. The largest absolute Gasteiger partial charge is 0.309 e. The lowest BCUT2D eigenvalue weighted by molar-refractivity contribution is -0.141. The van der Waals surface area contributed by atoms with E-state index < -0.39 is 10.0 Å². The van der Waals surface area contributed by atoms with Gasteiger partial charge in [0.15, 0.2) is 0 Å². The molecule has 3 saturated carbocycles. The van der Waals surface area contributed by atoms with E-state index >= 15 is 0 Å². The Balaban J connectivity index is 0.968. The molecule has 1 N–H and O–H groups in total. The molecule has 41 heavy (non-hydrogen) atoms. The number of nitrogens with one attached hydrogen (secondary N) is 1. The van der Waals surface area contributed by atoms with Crippen molar-refractivity contribution in [3.05, 3.63) is 29.8 Å². The Morgan fingerprint density at radius 3 is 2.27 bits per heavy atom. The van der Waals surface area contributed by atoms with Crippen LogP contribution in [0.2, 0.25) is 0 Å². The van der Waals surface area contributed by atoms with Crippen LogP contribution in [0.5, 0.6) is 0 Å². The van der Waals surface area contributed by atoms with Crippen LogP contribution in [0.15, 0.2) is 24.3 Å². The molecule has 3 aliphatic carbocycles. The first-order chi connectivity index (χ1) is 19.6. The van der Waals surface area contributed by atoms with Crippen LogP contribution in [-0.2, 0) is 30.8 Å². The number of benzene rings is 1. The summed E-state index contributed by atoms with van der Waals surface area (Å²) >= 11 is 0. The Hall–Kier alpha value is -2.30. The highest BCUT2D eigenvalue weighted by atomic mass is 32.2. The lowest BCUT2D eigenvalue weighted by Crippen LogP contribution is -2.48. The molecule has 1 aromatic rings. The molecule has 9 nitrogen and oxygen atoms in total. The predicted molar refractivity (Wildman–Crippen MR) is 154 cm³/mol. The molecule has 222 valence electrons. The number of amides is 3. The molecule has 3 amide bonds. The van der Waals surface area contributed by atoms with Gasteiger partial charge in [-0.1, -0.05) is 31.5 Å². The molecule has 10 heteroatoms. The topological polar surface area (TPSA) is 107 Å². The van der Waals surface area contributed by atoms with Gasteiger partial charge < -0.3 is 9.80 Å². The lowest BCUT2D eigenvalue weighted by Gasteiger charge is -2.38. The van der Waals surface area contributed by atoms with Gasteiger partial charge in [0, 0.05) is 44.0 Å². The number of rotatable bonds is 7. The Bertz CT molecular complexity index is 1360. The van der Waals surface area contributed by atoms with Gasteiger partial charge in [-0.15, -0.1) is 0 Å². The van der Waals surface area contributed by atoms with Crippen molar-refractivity contribution in [3.63, 3.8) is 0 Å². The summed E-state index contributed by atoms with van der Waals surface area (Å²) in [5.41, 5.74) is 2.21. The quantitative estimate of drug-likeness (QED) is 0.495. The molecular formula is C31H42N4O5S. The van der Waals surface area contributed by atoms with E-state index in [1.165, 1.54) is 6.26 Å². The van der Waals surface area contributed by atoms with E-state index in [1.807, 2.05) is 24.0 Å². The lowest BCUT2D eigenvalue weighted by atomic mass is 9.73. The molecule has 0 radical (unpaired) electrons. The van der Waals surface area contributed by atoms with Gasteiger partial charge in [-0.2, -0.15) is 0 Å². The summed E-state index contributed by atoms with van der Waals surface area (Å²) in [6, 6.07) is 8.13. The number of fused-ring (bicyclic) bond motifs is 6. The fourth-order valence-corrected chi connectivity index (χ4v) is 10.6. The molecular weight excluding hydrogens is 540 g/mol. The molecule has 2 saturated heterocycles. The molecule has 3 heterocycles. The van der Waals surface area contributed by atoms with Gasteiger partial charge in [0.05, 0.1) is 24.5 Å². The van der Waals surface area contributed by atoms with Crippen molar-refractivity contribution < 1.29 is 22.8 Å². The highest BCUT2D eigenvalue weighted by Gasteiger charge is 2.66. The Kier molecular flexibility index (Phi) is 6.82. The molecule has 0 aromatic heterocycles. The van der Waals surface area contributed by atoms with Crippen LogP contribution in [0.25, 0.3) is 0 Å². The maximum absolute atomic E-state index is 13.7. The number of carbonyl (C=O) groups excluding carboxylic acids is 3. The van der Waals surface area contributed by atoms with Crippen LogP contribution in [0, 0.1) is 41.4 Å². The Morgan fingerprint density at radius 2 is 1.56 bits per heavy atom. The maximum atomic E-state index is 13.7. The van der Waals surface area contributed by atoms with E-state index in [0.29, 0.717) is 24.8 Å². The minimum absolute atomic E-state index is 0.0146. The minimum Gasteiger partial charge on any atom is -0.309 e. The summed E-state index contributed by atoms with van der Waals surface area (Å²) < 4.78 is 26.8. The summed E-state index contributed by atoms with van der Waals surface area (Å²) in [6.45, 7) is 5.43. The second-order valence-corrected chi connectivity index (χ2v) is 15.5. The van der Waals surface area contributed by atoms with Gasteiger partial charge in [0.2, 0.25) is 27.7 Å². The highest BCUT2D eigenvalue weighted by molar-refractivity contribution is 7.88. The zero-order valence-corrected chi connectivity index (χ0v) is 24.9. The SMILES string of the molecule is CC1C2CC(C1NS(C)(=O)=O)C1C(=O)N(C[C@H]3CCC[C@@H]3CN3CCC(N4C(=O)Cc5ccccc54)CC3)C(=O)C21. The van der Waals surface area contributed by atoms with E-state index in [1.54, 1.807) is 4.90 Å². The van der Waals surface area contributed by atoms with Crippen molar-refractivity contribution in [2.45, 2.75) is 64.0 Å². The van der Waals surface area contributed by atoms with Gasteiger partial charge in [-0.3, -0.25) is 19.3 Å². The average molecular weight is 583 g/mol. The second kappa shape index (κ2) is 10.2. The molecule has 1 aromatic carbocycles. The van der Waals surface area contributed by atoms with Crippen molar-refractivity contribution in [1.82, 2.24) is 14.5 Å². The van der Waals surface area contributed by atoms with E-state index in [-0.39, 0.29) is 59.4 Å². The number of likely N-dealkylation sites (tertiary alicyclic amines) is 2. The fourth-order valence-electron chi connectivity index (χ4n) is 9.67. The van der Waals surface area contributed by atoms with Crippen LogP contribution in [0.3, 0.4) is 0 Å². The van der Waals surface area contributed by atoms with E-state index in [2.05, 4.69) is 21.8 Å². The first-order valence-electron chi connectivity index (χ1n) is 15.6. The first kappa shape index (κ1) is 27.5. The van der Waals surface area contributed by atoms with Crippen molar-refractivity contribution in [2.24, 2.45) is 41.4 Å². The number of para-hydroxylation sites is 1. The predicted octanol–water partition coefficient (Wildman–Crippen LogP) is 2.26. The standard InChI is InChI=1S/C31H42N4O5S/c1-18-23-15-24(29(18)32-41(2,39)40)28-27(23)30(37)34(31(28)38)17-21-8-5-7-20(21)16-33-12-10-22(11-13-33)35-25-9-4-3-6-19(25)14-26(35)36/h3-4,6,9,18,20-24,27-29,32H,5,7-8,10-17H2,1-2H3/t18?,20-,21-,23?,24?,27?,28?,29?/m1/s1. The number of anilines is 1. The molecule has 8 atom stereocenters. The van der Waals surface area contributed by atoms with Gasteiger partial charge in [-0.25, -0.2) is 13.1 Å². The van der Waals surface area contributed by atoms with E-state index in [0.717, 1.165) is 69.4 Å². The van der Waals surface area contributed by atoms with Crippen LogP contribution in [-0.4, -0.2) is 80.5 Å². The summed E-state index contributed by atoms with van der Waals surface area (Å²) in [4.78, 5) is 46.2. The number of sulfonamides is 1. The van der Waals surface area contributed by atoms with Crippen LogP contribution in [0.4, 0.5) is 5.69 Å². The first-order valence-corrected chi connectivity index (χ1v) is 17.4. The molecule has 7 rings (SSSR count). The fraction of sp³-hybridized carbons (Fsp3) is 0.710. The molecule has 2 bridgehead atoms. The van der Waals surface area contributed by atoms with Crippen LogP contribution in [0.1, 0.15) is 51.0 Å². The number of nitrogens with zero attached hydrogens (tertiary/aromatic N) is 3. The summed E-state index contributed by atoms with van der Waals surface area (Å²) in [5, 5.41) is 0. The second-order valence-electron chi connectivity index (χ2n) is 13.7. The zero-order chi connectivity index (χ0) is 28.6. The minimum atomic E-state index is -3.38. The summed E-state index contributed by atoms with van der Waals surface area (Å²) in [5.74, 6) is 0.278. The maximum Gasteiger partial charge on any atom is 0.233 e. The van der Waals surface area contributed by atoms with Gasteiger partial charge >= 0.3 is 0 Å². The third-order valence-electron chi connectivity index (χ3n) is 11.5. The normalized spacial score (nSPS) is 37.5. The number of imide groups is 1. The molecule has 6 aliphatic rings. The van der Waals surface area contributed by atoms with E-state index in [9.17, 15) is 22.8 Å². The van der Waals surface area contributed by atoms with Gasteiger partial charge in [0.25, 0.3) is 0 Å². The smallest absolute Gasteiger partial charge is 0.233 e. The van der Waals surface area contributed by atoms with Crippen LogP contribution >= 0.6 is 0 Å². The highest BCUT2D eigenvalue weighted by Crippen LogP contribution is 2.59. The molecule has 5 fully saturated rings. The van der Waals surface area contributed by atoms with E-state index in [4.69, 9.17) is 0 Å². The van der Waals surface area contributed by atoms with Gasteiger partial charge in [0.1, 0.15) is 0 Å². The molecule has 6 unspecified atom stereocenters. The molecule has 0 spiro atoms. The third kappa shape index (κ3) is 4.65. The van der Waals surface area contributed by atoms with Gasteiger partial charge in [-0.05, 0) is 73.3 Å².